The van der Waals surface area contributed by atoms with Gasteiger partial charge in [-0.2, -0.15) is 0 Å². The van der Waals surface area contributed by atoms with Crippen LogP contribution in [-0.2, 0) is 0 Å². The number of carbonyl (C=O) groups excluding carboxylic acids is 1. The van der Waals surface area contributed by atoms with Gasteiger partial charge >= 0.3 is 0 Å². The van der Waals surface area contributed by atoms with E-state index < -0.39 is 0 Å². The van der Waals surface area contributed by atoms with Crippen molar-refractivity contribution in [1.29, 1.82) is 0 Å². The highest BCUT2D eigenvalue weighted by Gasteiger charge is 2.09. The van der Waals surface area contributed by atoms with E-state index in [1.807, 2.05) is 6.07 Å². The quantitative estimate of drug-likeness (QED) is 0.765. The van der Waals surface area contributed by atoms with E-state index in [4.69, 9.17) is 10.5 Å². The van der Waals surface area contributed by atoms with Crippen LogP contribution in [-0.4, -0.2) is 13.0 Å². The summed E-state index contributed by atoms with van der Waals surface area (Å²) in [5.74, 6) is 0.425. The molecule has 104 valence electrons. The molecule has 0 aliphatic carbocycles. The van der Waals surface area contributed by atoms with Crippen molar-refractivity contribution in [1.82, 2.24) is 0 Å². The predicted molar refractivity (Wildman–Crippen MR) is 87.2 cm³/mol. The van der Waals surface area contributed by atoms with E-state index in [0.717, 1.165) is 8.95 Å². The van der Waals surface area contributed by atoms with Gasteiger partial charge in [-0.25, -0.2) is 0 Å². The van der Waals surface area contributed by atoms with E-state index in [0.29, 0.717) is 22.7 Å². The first kappa shape index (κ1) is 14.9. The molecule has 0 radical (unpaired) electrons. The van der Waals surface area contributed by atoms with E-state index >= 15 is 0 Å². The van der Waals surface area contributed by atoms with Crippen LogP contribution in [0.25, 0.3) is 0 Å². The average molecular weight is 400 g/mol. The molecule has 2 rings (SSSR count). The molecular weight excluding hydrogens is 388 g/mol. The highest BCUT2D eigenvalue weighted by Crippen LogP contribution is 2.25. The maximum Gasteiger partial charge on any atom is 0.255 e. The van der Waals surface area contributed by atoms with Crippen molar-refractivity contribution >= 4 is 49.1 Å². The number of nitrogens with two attached hydrogens (primary N) is 1. The minimum atomic E-state index is -0.232. The van der Waals surface area contributed by atoms with Gasteiger partial charge in [-0.3, -0.25) is 4.79 Å². The lowest BCUT2D eigenvalue weighted by atomic mass is 10.2. The van der Waals surface area contributed by atoms with E-state index in [1.54, 1.807) is 37.4 Å². The van der Waals surface area contributed by atoms with Crippen molar-refractivity contribution < 1.29 is 9.53 Å². The van der Waals surface area contributed by atoms with Crippen LogP contribution in [0.3, 0.4) is 0 Å². The lowest BCUT2D eigenvalue weighted by Gasteiger charge is -2.09. The molecule has 0 atom stereocenters. The third kappa shape index (κ3) is 3.52. The molecule has 0 unspecified atom stereocenters. The Morgan fingerprint density at radius 1 is 1.20 bits per heavy atom. The maximum atomic E-state index is 12.2. The predicted octanol–water partition coefficient (Wildman–Crippen LogP) is 4.05. The SMILES string of the molecule is COc1cc(Br)cc(NC(=O)c2ccc(Br)c(N)c2)c1. The van der Waals surface area contributed by atoms with Gasteiger partial charge in [-0.1, -0.05) is 15.9 Å². The first-order chi connectivity index (χ1) is 9.49. The molecule has 0 saturated heterocycles. The largest absolute Gasteiger partial charge is 0.497 e. The summed E-state index contributed by atoms with van der Waals surface area (Å²) in [5.41, 5.74) is 7.42. The molecule has 0 aliphatic rings. The summed E-state index contributed by atoms with van der Waals surface area (Å²) in [5, 5.41) is 2.80. The molecule has 2 aromatic rings. The van der Waals surface area contributed by atoms with Crippen LogP contribution in [0.5, 0.6) is 5.75 Å². The summed E-state index contributed by atoms with van der Waals surface area (Å²) >= 11 is 6.66. The fourth-order valence-corrected chi connectivity index (χ4v) is 2.36. The van der Waals surface area contributed by atoms with Gasteiger partial charge in [0.2, 0.25) is 0 Å². The second-order valence-corrected chi connectivity index (χ2v) is 5.84. The van der Waals surface area contributed by atoms with Crippen molar-refractivity contribution in [3.05, 3.63) is 50.9 Å². The Hall–Kier alpha value is -1.53. The zero-order valence-corrected chi connectivity index (χ0v) is 13.8. The lowest BCUT2D eigenvalue weighted by molar-refractivity contribution is 0.102. The zero-order chi connectivity index (χ0) is 14.7. The molecule has 4 nitrogen and oxygen atoms in total. The Balaban J connectivity index is 2.23. The number of methoxy groups -OCH3 is 1. The molecule has 0 saturated carbocycles. The van der Waals surface area contributed by atoms with Crippen LogP contribution in [0, 0.1) is 0 Å². The summed E-state index contributed by atoms with van der Waals surface area (Å²) in [4.78, 5) is 12.2. The molecule has 0 heterocycles. The number of amides is 1. The number of carbonyl (C=O) groups is 1. The number of hydrogen-bond acceptors (Lipinski definition) is 3. The Labute approximate surface area is 133 Å². The smallest absolute Gasteiger partial charge is 0.255 e. The fourth-order valence-electron chi connectivity index (χ4n) is 1.64. The fraction of sp³-hybridized carbons (Fsp3) is 0.0714. The topological polar surface area (TPSA) is 64.3 Å². The number of ether oxygens (including phenoxy) is 1. The number of halogens is 2. The summed E-state index contributed by atoms with van der Waals surface area (Å²) < 4.78 is 6.73. The summed E-state index contributed by atoms with van der Waals surface area (Å²) in [6.45, 7) is 0. The Morgan fingerprint density at radius 2 is 1.95 bits per heavy atom. The van der Waals surface area contributed by atoms with Gasteiger partial charge in [0.15, 0.2) is 0 Å². The second kappa shape index (κ2) is 6.28. The highest BCUT2D eigenvalue weighted by atomic mass is 79.9. The van der Waals surface area contributed by atoms with Crippen LogP contribution >= 0.6 is 31.9 Å². The van der Waals surface area contributed by atoms with Crippen molar-refractivity contribution in [2.75, 3.05) is 18.2 Å². The van der Waals surface area contributed by atoms with Crippen molar-refractivity contribution in [2.24, 2.45) is 0 Å². The van der Waals surface area contributed by atoms with Gasteiger partial charge in [0.05, 0.1) is 7.11 Å². The Morgan fingerprint density at radius 3 is 2.60 bits per heavy atom. The van der Waals surface area contributed by atoms with Gasteiger partial charge in [0, 0.05) is 32.0 Å². The molecule has 0 bridgehead atoms. The van der Waals surface area contributed by atoms with Crippen molar-refractivity contribution in [3.8, 4) is 5.75 Å². The number of rotatable bonds is 3. The first-order valence-electron chi connectivity index (χ1n) is 5.70. The Kier molecular flexibility index (Phi) is 4.67. The minimum absolute atomic E-state index is 0.232. The van der Waals surface area contributed by atoms with Crippen LogP contribution in [0.4, 0.5) is 11.4 Å². The van der Waals surface area contributed by atoms with Crippen LogP contribution in [0.2, 0.25) is 0 Å². The summed E-state index contributed by atoms with van der Waals surface area (Å²) in [7, 11) is 1.57. The third-order valence-electron chi connectivity index (χ3n) is 2.62. The van der Waals surface area contributed by atoms with Gasteiger partial charge < -0.3 is 15.8 Å². The number of nitrogen functional groups attached to an aromatic ring is 1. The van der Waals surface area contributed by atoms with Crippen LogP contribution in [0.15, 0.2) is 45.3 Å². The highest BCUT2D eigenvalue weighted by molar-refractivity contribution is 9.10. The summed E-state index contributed by atoms with van der Waals surface area (Å²) in [6.07, 6.45) is 0. The van der Waals surface area contributed by atoms with Crippen molar-refractivity contribution in [2.45, 2.75) is 0 Å². The molecule has 20 heavy (non-hydrogen) atoms. The molecule has 0 fully saturated rings. The van der Waals surface area contributed by atoms with E-state index in [9.17, 15) is 4.79 Å². The standard InChI is InChI=1S/C14H12Br2N2O2/c1-20-11-6-9(15)5-10(7-11)18-14(19)8-2-3-12(16)13(17)4-8/h2-7H,17H2,1H3,(H,18,19). The average Bonchev–Trinajstić information content (AvgIpc) is 2.41. The van der Waals surface area contributed by atoms with E-state index in [2.05, 4.69) is 37.2 Å². The van der Waals surface area contributed by atoms with Gasteiger partial charge in [-0.15, -0.1) is 0 Å². The molecule has 0 aromatic heterocycles. The minimum Gasteiger partial charge on any atom is -0.497 e. The molecule has 6 heteroatoms. The molecule has 0 spiro atoms. The van der Waals surface area contributed by atoms with E-state index in [-0.39, 0.29) is 5.91 Å². The molecule has 2 aromatic carbocycles. The molecule has 0 aliphatic heterocycles. The van der Waals surface area contributed by atoms with Gasteiger partial charge in [-0.05, 0) is 46.3 Å². The Bertz CT molecular complexity index is 660. The van der Waals surface area contributed by atoms with Crippen LogP contribution in [0.1, 0.15) is 10.4 Å². The van der Waals surface area contributed by atoms with Crippen molar-refractivity contribution in [3.63, 3.8) is 0 Å². The number of nitrogens with one attached hydrogen (secondary N) is 1. The second-order valence-electron chi connectivity index (χ2n) is 4.07. The first-order valence-corrected chi connectivity index (χ1v) is 7.29. The number of hydrogen-bond donors (Lipinski definition) is 2. The van der Waals surface area contributed by atoms with E-state index in [1.165, 1.54) is 0 Å². The number of anilines is 2. The maximum absolute atomic E-state index is 12.2. The van der Waals surface area contributed by atoms with Crippen LogP contribution < -0.4 is 15.8 Å². The molecule has 1 amide bonds. The zero-order valence-electron chi connectivity index (χ0n) is 10.6. The lowest BCUT2D eigenvalue weighted by Crippen LogP contribution is -2.12. The van der Waals surface area contributed by atoms with Gasteiger partial charge in [0.1, 0.15) is 5.75 Å². The number of benzene rings is 2. The molecule has 3 N–H and O–H groups in total. The third-order valence-corrected chi connectivity index (χ3v) is 3.80. The van der Waals surface area contributed by atoms with Gasteiger partial charge in [0.25, 0.3) is 5.91 Å². The summed E-state index contributed by atoms with van der Waals surface area (Å²) in [6, 6.07) is 10.4. The monoisotopic (exact) mass is 398 g/mol. The normalized spacial score (nSPS) is 10.2. The molecular formula is C14H12Br2N2O2.